The number of hydrogen-bond acceptors (Lipinski definition) is 4. The van der Waals surface area contributed by atoms with Gasteiger partial charge < -0.3 is 19.4 Å². The van der Waals surface area contributed by atoms with Crippen molar-refractivity contribution in [1.29, 1.82) is 0 Å². The number of ether oxygens (including phenoxy) is 2. The van der Waals surface area contributed by atoms with Crippen LogP contribution in [0.5, 0.6) is 11.5 Å². The highest BCUT2D eigenvalue weighted by Crippen LogP contribution is 2.26. The number of amides is 1. The molecule has 31 heavy (non-hydrogen) atoms. The second-order valence-corrected chi connectivity index (χ2v) is 7.34. The number of carbonyl (C=O) groups excluding carboxylic acids is 1. The van der Waals surface area contributed by atoms with Crippen LogP contribution in [0.15, 0.2) is 73.2 Å². The molecule has 0 unspecified atom stereocenters. The zero-order valence-corrected chi connectivity index (χ0v) is 17.7. The number of nitrogens with zero attached hydrogens (tertiary/aromatic N) is 2. The Hall–Kier alpha value is -3.80. The third kappa shape index (κ3) is 4.86. The van der Waals surface area contributed by atoms with E-state index in [0.29, 0.717) is 19.5 Å². The van der Waals surface area contributed by atoms with Gasteiger partial charge in [0, 0.05) is 48.6 Å². The molecule has 158 valence electrons. The number of pyridine rings is 1. The largest absolute Gasteiger partial charge is 0.497 e. The molecule has 0 bridgehead atoms. The van der Waals surface area contributed by atoms with Crippen molar-refractivity contribution in [2.24, 2.45) is 0 Å². The van der Waals surface area contributed by atoms with E-state index in [-0.39, 0.29) is 5.91 Å². The summed E-state index contributed by atoms with van der Waals surface area (Å²) in [7, 11) is 3.29. The van der Waals surface area contributed by atoms with Crippen molar-refractivity contribution in [2.45, 2.75) is 19.5 Å². The summed E-state index contributed by atoms with van der Waals surface area (Å²) in [6.45, 7) is 1.11. The van der Waals surface area contributed by atoms with Gasteiger partial charge in [0.15, 0.2) is 0 Å². The summed E-state index contributed by atoms with van der Waals surface area (Å²) in [4.78, 5) is 16.7. The quantitative estimate of drug-likeness (QED) is 0.473. The lowest BCUT2D eigenvalue weighted by Gasteiger charge is -2.10. The van der Waals surface area contributed by atoms with Crippen LogP contribution in [0.25, 0.3) is 10.9 Å². The lowest BCUT2D eigenvalue weighted by Crippen LogP contribution is -2.24. The standard InChI is InChI=1S/C25H25N3O3/c1-30-21-10-19(11-22(13-21)31-2)16-28-17-20(23-7-3-4-8-24(23)28)12-25(29)27-15-18-6-5-9-26-14-18/h3-11,13-14,17H,12,15-16H2,1-2H3,(H,27,29). The highest BCUT2D eigenvalue weighted by atomic mass is 16.5. The summed E-state index contributed by atoms with van der Waals surface area (Å²) in [6, 6.07) is 17.8. The predicted octanol–water partition coefficient (Wildman–Crippen LogP) is 3.96. The van der Waals surface area contributed by atoms with Gasteiger partial charge in [-0.05, 0) is 41.0 Å². The van der Waals surface area contributed by atoms with Crippen LogP contribution in [0.2, 0.25) is 0 Å². The molecule has 1 N–H and O–H groups in total. The summed E-state index contributed by atoms with van der Waals surface area (Å²) in [5.74, 6) is 1.48. The molecule has 4 aromatic rings. The highest BCUT2D eigenvalue weighted by Gasteiger charge is 2.13. The third-order valence-corrected chi connectivity index (χ3v) is 5.20. The molecular formula is C25H25N3O3. The van der Waals surface area contributed by atoms with Gasteiger partial charge >= 0.3 is 0 Å². The first-order valence-corrected chi connectivity index (χ1v) is 10.1. The molecule has 2 heterocycles. The molecule has 1 amide bonds. The monoisotopic (exact) mass is 415 g/mol. The highest BCUT2D eigenvalue weighted by molar-refractivity contribution is 5.89. The van der Waals surface area contributed by atoms with Gasteiger partial charge in [-0.3, -0.25) is 9.78 Å². The van der Waals surface area contributed by atoms with Gasteiger partial charge in [0.1, 0.15) is 11.5 Å². The lowest BCUT2D eigenvalue weighted by atomic mass is 10.1. The van der Waals surface area contributed by atoms with Crippen LogP contribution < -0.4 is 14.8 Å². The van der Waals surface area contributed by atoms with Gasteiger partial charge in [-0.2, -0.15) is 0 Å². The molecule has 6 nitrogen and oxygen atoms in total. The zero-order chi connectivity index (χ0) is 21.6. The van der Waals surface area contributed by atoms with E-state index in [4.69, 9.17) is 9.47 Å². The van der Waals surface area contributed by atoms with Crippen LogP contribution in [0.4, 0.5) is 0 Å². The van der Waals surface area contributed by atoms with Crippen LogP contribution >= 0.6 is 0 Å². The normalized spacial score (nSPS) is 10.8. The molecule has 0 fully saturated rings. The van der Waals surface area contributed by atoms with Crippen molar-refractivity contribution in [1.82, 2.24) is 14.9 Å². The third-order valence-electron chi connectivity index (χ3n) is 5.20. The number of hydrogen-bond donors (Lipinski definition) is 1. The predicted molar refractivity (Wildman–Crippen MR) is 120 cm³/mol. The van der Waals surface area contributed by atoms with E-state index in [9.17, 15) is 4.79 Å². The van der Waals surface area contributed by atoms with Gasteiger partial charge in [-0.15, -0.1) is 0 Å². The van der Waals surface area contributed by atoms with E-state index in [1.54, 1.807) is 26.6 Å². The fourth-order valence-electron chi connectivity index (χ4n) is 3.69. The maximum atomic E-state index is 12.6. The van der Waals surface area contributed by atoms with Gasteiger partial charge in [0.25, 0.3) is 0 Å². The van der Waals surface area contributed by atoms with Crippen molar-refractivity contribution < 1.29 is 14.3 Å². The molecule has 0 aliphatic carbocycles. The molecule has 4 rings (SSSR count). The van der Waals surface area contributed by atoms with E-state index in [1.165, 1.54) is 0 Å². The fourth-order valence-corrected chi connectivity index (χ4v) is 3.69. The summed E-state index contributed by atoms with van der Waals surface area (Å²) in [5, 5.41) is 4.06. The zero-order valence-electron chi connectivity index (χ0n) is 17.7. The van der Waals surface area contributed by atoms with Gasteiger partial charge in [-0.1, -0.05) is 24.3 Å². The Labute approximate surface area is 181 Å². The van der Waals surface area contributed by atoms with E-state index >= 15 is 0 Å². The minimum atomic E-state index is -0.0187. The van der Waals surface area contributed by atoms with Crippen molar-refractivity contribution >= 4 is 16.8 Å². The number of carbonyl (C=O) groups is 1. The first kappa shape index (κ1) is 20.5. The Balaban J connectivity index is 1.55. The Kier molecular flexibility index (Phi) is 6.17. The summed E-state index contributed by atoms with van der Waals surface area (Å²) < 4.78 is 13.0. The molecule has 0 aliphatic heterocycles. The molecule has 0 atom stereocenters. The molecule has 0 aliphatic rings. The van der Waals surface area contributed by atoms with Crippen LogP contribution in [-0.4, -0.2) is 29.7 Å². The number of para-hydroxylation sites is 1. The lowest BCUT2D eigenvalue weighted by molar-refractivity contribution is -0.120. The van der Waals surface area contributed by atoms with Crippen molar-refractivity contribution in [2.75, 3.05) is 14.2 Å². The average Bonchev–Trinajstić information content (AvgIpc) is 3.15. The van der Waals surface area contributed by atoms with E-state index in [2.05, 4.69) is 33.2 Å². The first-order chi connectivity index (χ1) is 15.2. The second-order valence-electron chi connectivity index (χ2n) is 7.34. The van der Waals surface area contributed by atoms with Gasteiger partial charge in [0.2, 0.25) is 5.91 Å². The Bertz CT molecular complexity index is 1160. The van der Waals surface area contributed by atoms with Gasteiger partial charge in [0.05, 0.1) is 20.6 Å². The molecule has 0 saturated heterocycles. The van der Waals surface area contributed by atoms with Crippen LogP contribution in [0.3, 0.4) is 0 Å². The smallest absolute Gasteiger partial charge is 0.224 e. The molecule has 0 saturated carbocycles. The molecule has 6 heteroatoms. The number of fused-ring (bicyclic) bond motifs is 1. The molecular weight excluding hydrogens is 390 g/mol. The maximum absolute atomic E-state index is 12.6. The Morgan fingerprint density at radius 3 is 2.48 bits per heavy atom. The Morgan fingerprint density at radius 2 is 1.77 bits per heavy atom. The number of nitrogens with one attached hydrogen (secondary N) is 1. The summed E-state index contributed by atoms with van der Waals surface area (Å²) in [5.41, 5.74) is 4.11. The minimum Gasteiger partial charge on any atom is -0.497 e. The van der Waals surface area contributed by atoms with E-state index in [1.807, 2.05) is 42.5 Å². The number of methoxy groups -OCH3 is 2. The number of rotatable bonds is 8. The summed E-state index contributed by atoms with van der Waals surface area (Å²) in [6.07, 6.45) is 5.85. The maximum Gasteiger partial charge on any atom is 0.224 e. The summed E-state index contributed by atoms with van der Waals surface area (Å²) >= 11 is 0. The van der Waals surface area contributed by atoms with Crippen LogP contribution in [-0.2, 0) is 24.3 Å². The van der Waals surface area contributed by atoms with Crippen LogP contribution in [0, 0.1) is 0 Å². The van der Waals surface area contributed by atoms with Crippen molar-refractivity contribution in [3.63, 3.8) is 0 Å². The number of aromatic nitrogens is 2. The Morgan fingerprint density at radius 1 is 1.00 bits per heavy atom. The fraction of sp³-hybridized carbons (Fsp3) is 0.200. The first-order valence-electron chi connectivity index (χ1n) is 10.1. The minimum absolute atomic E-state index is 0.0187. The molecule has 2 aromatic heterocycles. The van der Waals surface area contributed by atoms with E-state index in [0.717, 1.165) is 39.1 Å². The molecule has 0 spiro atoms. The SMILES string of the molecule is COc1cc(Cn2cc(CC(=O)NCc3cccnc3)c3ccccc32)cc(OC)c1. The second kappa shape index (κ2) is 9.34. The number of benzene rings is 2. The van der Waals surface area contributed by atoms with Crippen LogP contribution in [0.1, 0.15) is 16.7 Å². The van der Waals surface area contributed by atoms with Gasteiger partial charge in [-0.25, -0.2) is 0 Å². The van der Waals surface area contributed by atoms with Crippen molar-refractivity contribution in [3.8, 4) is 11.5 Å². The van der Waals surface area contributed by atoms with E-state index < -0.39 is 0 Å². The average molecular weight is 415 g/mol. The molecule has 0 radical (unpaired) electrons. The topological polar surface area (TPSA) is 65.4 Å². The van der Waals surface area contributed by atoms with Crippen molar-refractivity contribution in [3.05, 3.63) is 89.9 Å². The molecule has 2 aromatic carbocycles.